The fourth-order valence-electron chi connectivity index (χ4n) is 3.38. The number of hydrogen-bond acceptors (Lipinski definition) is 5. The molecule has 0 saturated carbocycles. The number of rotatable bonds is 2. The number of carbonyl (C=O) groups excluding carboxylic acids is 1. The van der Waals surface area contributed by atoms with Crippen LogP contribution in [-0.2, 0) is 0 Å². The van der Waals surface area contributed by atoms with Gasteiger partial charge in [-0.3, -0.25) is 9.79 Å². The van der Waals surface area contributed by atoms with Crippen LogP contribution in [0.5, 0.6) is 0 Å². The van der Waals surface area contributed by atoms with Crippen LogP contribution in [0.2, 0.25) is 10.0 Å². The number of amidine groups is 1. The number of halogens is 2. The monoisotopic (exact) mass is 420 g/mol. The van der Waals surface area contributed by atoms with Gasteiger partial charge in [0.25, 0.3) is 5.91 Å². The number of benzene rings is 1. The third-order valence-electron chi connectivity index (χ3n) is 4.83. The summed E-state index contributed by atoms with van der Waals surface area (Å²) in [6.07, 6.45) is 2.68. The first-order valence-corrected chi connectivity index (χ1v) is 10.3. The van der Waals surface area contributed by atoms with E-state index in [1.807, 2.05) is 10.3 Å². The van der Waals surface area contributed by atoms with Gasteiger partial charge in [-0.05, 0) is 31.5 Å². The van der Waals surface area contributed by atoms with E-state index < -0.39 is 0 Å². The van der Waals surface area contributed by atoms with Crippen LogP contribution in [0.25, 0.3) is 0 Å². The summed E-state index contributed by atoms with van der Waals surface area (Å²) in [4.78, 5) is 26.3. The van der Waals surface area contributed by atoms with Crippen LogP contribution in [-0.4, -0.2) is 52.7 Å². The highest BCUT2D eigenvalue weighted by molar-refractivity contribution is 7.11. The van der Waals surface area contributed by atoms with E-state index in [1.54, 1.807) is 35.7 Å². The van der Waals surface area contributed by atoms with Crippen LogP contribution < -0.4 is 0 Å². The Balaban J connectivity index is 1.62. The molecular formula is C19H18Cl2N4OS. The quantitative estimate of drug-likeness (QED) is 0.725. The van der Waals surface area contributed by atoms with E-state index in [4.69, 9.17) is 28.2 Å². The number of fused-ring (bicyclic) bond motifs is 1. The summed E-state index contributed by atoms with van der Waals surface area (Å²) in [5.41, 5.74) is 2.87. The minimum Gasteiger partial charge on any atom is -0.331 e. The molecule has 0 radical (unpaired) electrons. The number of thiazole rings is 1. The van der Waals surface area contributed by atoms with Gasteiger partial charge in [0.05, 0.1) is 17.1 Å². The molecule has 8 heteroatoms. The Hall–Kier alpha value is -1.89. The molecule has 1 saturated heterocycles. The molecule has 0 spiro atoms. The lowest BCUT2D eigenvalue weighted by atomic mass is 10.1. The zero-order chi connectivity index (χ0) is 19.0. The van der Waals surface area contributed by atoms with Crippen molar-refractivity contribution in [2.45, 2.75) is 13.3 Å². The van der Waals surface area contributed by atoms with E-state index >= 15 is 0 Å². The summed E-state index contributed by atoms with van der Waals surface area (Å²) in [6, 6.07) is 4.99. The Morgan fingerprint density at radius 2 is 2.11 bits per heavy atom. The molecule has 0 aliphatic carbocycles. The lowest BCUT2D eigenvalue weighted by Gasteiger charge is -2.38. The summed E-state index contributed by atoms with van der Waals surface area (Å²) >= 11 is 13.8. The van der Waals surface area contributed by atoms with E-state index in [2.05, 4.69) is 16.8 Å². The van der Waals surface area contributed by atoms with Crippen molar-refractivity contribution in [2.24, 2.45) is 4.99 Å². The Morgan fingerprint density at radius 1 is 1.26 bits per heavy atom. The number of amides is 1. The minimum absolute atomic E-state index is 0.0754. The highest BCUT2D eigenvalue weighted by Crippen LogP contribution is 2.28. The molecule has 2 aliphatic heterocycles. The van der Waals surface area contributed by atoms with Crippen LogP contribution >= 0.6 is 34.5 Å². The van der Waals surface area contributed by atoms with Gasteiger partial charge in [-0.15, -0.1) is 11.3 Å². The number of nitrogens with zero attached hydrogens (tertiary/aromatic N) is 4. The second-order valence-corrected chi connectivity index (χ2v) is 8.26. The van der Waals surface area contributed by atoms with Crippen molar-refractivity contribution < 1.29 is 4.79 Å². The molecule has 0 bridgehead atoms. The van der Waals surface area contributed by atoms with Crippen LogP contribution in [0.15, 0.2) is 46.0 Å². The topological polar surface area (TPSA) is 48.8 Å². The first-order valence-electron chi connectivity index (χ1n) is 8.69. The van der Waals surface area contributed by atoms with Crippen LogP contribution in [0.4, 0.5) is 0 Å². The molecule has 5 nitrogen and oxygen atoms in total. The summed E-state index contributed by atoms with van der Waals surface area (Å²) < 4.78 is 0. The molecule has 0 atom stereocenters. The Labute approximate surface area is 171 Å². The molecule has 0 unspecified atom stereocenters. The minimum atomic E-state index is -0.0754. The Kier molecular flexibility index (Phi) is 5.21. The van der Waals surface area contributed by atoms with Gasteiger partial charge >= 0.3 is 0 Å². The fourth-order valence-corrected chi connectivity index (χ4v) is 4.52. The lowest BCUT2D eigenvalue weighted by Crippen LogP contribution is -2.49. The average Bonchev–Trinajstić information content (AvgIpc) is 3.13. The maximum absolute atomic E-state index is 13.0. The number of aliphatic imine (C=N–C) groups is 1. The summed E-state index contributed by atoms with van der Waals surface area (Å²) in [5.74, 6) is 0.835. The van der Waals surface area contributed by atoms with E-state index in [9.17, 15) is 4.79 Å². The highest BCUT2D eigenvalue weighted by Gasteiger charge is 2.32. The molecule has 2 aromatic rings. The van der Waals surface area contributed by atoms with Gasteiger partial charge in [0.2, 0.25) is 0 Å². The van der Waals surface area contributed by atoms with E-state index in [1.165, 1.54) is 5.57 Å². The molecule has 140 valence electrons. The fraction of sp³-hybridized carbons (Fsp3) is 0.316. The molecule has 27 heavy (non-hydrogen) atoms. The first kappa shape index (κ1) is 18.5. The smallest absolute Gasteiger partial charge is 0.255 e. The number of carbonyl (C=O) groups is 1. The van der Waals surface area contributed by atoms with Crippen molar-refractivity contribution in [2.75, 3.05) is 26.2 Å². The van der Waals surface area contributed by atoms with E-state index in [0.717, 1.165) is 29.5 Å². The maximum Gasteiger partial charge on any atom is 0.255 e. The predicted molar refractivity (Wildman–Crippen MR) is 110 cm³/mol. The normalized spacial score (nSPS) is 17.5. The summed E-state index contributed by atoms with van der Waals surface area (Å²) in [5, 5.41) is 3.78. The first-order chi connectivity index (χ1) is 13.0. The van der Waals surface area contributed by atoms with Crippen molar-refractivity contribution in [3.63, 3.8) is 0 Å². The van der Waals surface area contributed by atoms with Gasteiger partial charge in [0, 0.05) is 41.9 Å². The highest BCUT2D eigenvalue weighted by atomic mass is 35.5. The lowest BCUT2D eigenvalue weighted by molar-refractivity contribution is 0.0727. The number of aromatic nitrogens is 1. The van der Waals surface area contributed by atoms with Crippen LogP contribution in [0.3, 0.4) is 0 Å². The second kappa shape index (κ2) is 7.62. The third kappa shape index (κ3) is 3.61. The third-order valence-corrected chi connectivity index (χ3v) is 6.15. The molecule has 1 aromatic heterocycles. The van der Waals surface area contributed by atoms with Gasteiger partial charge in [-0.25, -0.2) is 4.98 Å². The van der Waals surface area contributed by atoms with Crippen molar-refractivity contribution >= 4 is 46.3 Å². The Bertz CT molecular complexity index is 939. The SMILES string of the molecule is CC1=C2CN(C(=O)c3ccc(Cl)cc3Cl)CCN2C(c2nccs2)=NCC1. The largest absolute Gasteiger partial charge is 0.331 e. The van der Waals surface area contributed by atoms with Crippen LogP contribution in [0, 0.1) is 0 Å². The average molecular weight is 421 g/mol. The summed E-state index contributed by atoms with van der Waals surface area (Å²) in [7, 11) is 0. The molecular weight excluding hydrogens is 403 g/mol. The van der Waals surface area contributed by atoms with Crippen LogP contribution in [0.1, 0.15) is 28.7 Å². The van der Waals surface area contributed by atoms with Crippen molar-refractivity contribution in [3.8, 4) is 0 Å². The van der Waals surface area contributed by atoms with Gasteiger partial charge in [-0.1, -0.05) is 28.8 Å². The zero-order valence-electron chi connectivity index (χ0n) is 14.8. The molecule has 1 fully saturated rings. The molecule has 1 aromatic carbocycles. The van der Waals surface area contributed by atoms with Gasteiger partial charge in [0.1, 0.15) is 0 Å². The maximum atomic E-state index is 13.0. The molecule has 4 rings (SSSR count). The number of piperazine rings is 1. The van der Waals surface area contributed by atoms with Crippen molar-refractivity contribution in [1.29, 1.82) is 0 Å². The summed E-state index contributed by atoms with van der Waals surface area (Å²) in [6.45, 7) is 4.67. The van der Waals surface area contributed by atoms with Crippen molar-refractivity contribution in [1.82, 2.24) is 14.8 Å². The molecule has 3 heterocycles. The predicted octanol–water partition coefficient (Wildman–Crippen LogP) is 4.33. The Morgan fingerprint density at radius 3 is 2.85 bits per heavy atom. The van der Waals surface area contributed by atoms with Gasteiger partial charge in [-0.2, -0.15) is 0 Å². The van der Waals surface area contributed by atoms with Crippen molar-refractivity contribution in [3.05, 3.63) is 61.7 Å². The van der Waals surface area contributed by atoms with E-state index in [0.29, 0.717) is 35.2 Å². The number of hydrogen-bond donors (Lipinski definition) is 0. The van der Waals surface area contributed by atoms with Gasteiger partial charge < -0.3 is 9.80 Å². The van der Waals surface area contributed by atoms with Gasteiger partial charge in [0.15, 0.2) is 10.8 Å². The zero-order valence-corrected chi connectivity index (χ0v) is 17.1. The molecule has 0 N–H and O–H groups in total. The molecule has 1 amide bonds. The second-order valence-electron chi connectivity index (χ2n) is 6.52. The molecule has 2 aliphatic rings. The van der Waals surface area contributed by atoms with E-state index in [-0.39, 0.29) is 5.91 Å². The standard InChI is InChI=1S/C19H18Cl2N4OS/c1-12-4-5-22-17(18-23-6-9-27-18)25-8-7-24(11-16(12)25)19(26)14-3-2-13(20)10-15(14)21/h2-3,6,9-10H,4-5,7-8,11H2,1H3.